The van der Waals surface area contributed by atoms with Crippen molar-refractivity contribution in [3.63, 3.8) is 0 Å². The highest BCUT2D eigenvalue weighted by Crippen LogP contribution is 2.39. The third kappa shape index (κ3) is 1.91. The van der Waals surface area contributed by atoms with Gasteiger partial charge in [-0.2, -0.15) is 0 Å². The van der Waals surface area contributed by atoms with Crippen molar-refractivity contribution in [3.05, 3.63) is 57.6 Å². The van der Waals surface area contributed by atoms with Gasteiger partial charge in [0.1, 0.15) is 17.3 Å². The number of methoxy groups -OCH3 is 1. The molecule has 0 aromatic heterocycles. The number of rotatable bonds is 1. The largest absolute Gasteiger partial charge is 0.507 e. The fourth-order valence-electron chi connectivity index (χ4n) is 3.49. The second kappa shape index (κ2) is 5.03. The van der Waals surface area contributed by atoms with Crippen LogP contribution >= 0.6 is 0 Å². The predicted molar refractivity (Wildman–Crippen MR) is 85.0 cm³/mol. The molecule has 5 heteroatoms. The van der Waals surface area contributed by atoms with Crippen molar-refractivity contribution < 1.29 is 24.2 Å². The molecule has 2 aromatic rings. The van der Waals surface area contributed by atoms with Gasteiger partial charge in [0, 0.05) is 29.5 Å². The first-order valence-electron chi connectivity index (χ1n) is 7.68. The molecule has 24 heavy (non-hydrogen) atoms. The van der Waals surface area contributed by atoms with Crippen molar-refractivity contribution in [2.45, 2.75) is 19.3 Å². The zero-order valence-electron chi connectivity index (χ0n) is 13.0. The topological polar surface area (TPSA) is 80.7 Å². The van der Waals surface area contributed by atoms with E-state index in [9.17, 15) is 19.5 Å². The number of carbonyl (C=O) groups is 3. The number of fused-ring (bicyclic) bond motifs is 3. The van der Waals surface area contributed by atoms with E-state index in [-0.39, 0.29) is 46.0 Å². The van der Waals surface area contributed by atoms with Gasteiger partial charge in [-0.3, -0.25) is 14.4 Å². The summed E-state index contributed by atoms with van der Waals surface area (Å²) in [6.45, 7) is 0. The Hall–Kier alpha value is -2.95. The molecule has 5 nitrogen and oxygen atoms in total. The molecule has 4 rings (SSSR count). The Labute approximate surface area is 137 Å². The van der Waals surface area contributed by atoms with E-state index < -0.39 is 5.78 Å². The lowest BCUT2D eigenvalue weighted by Crippen LogP contribution is -2.24. The number of ether oxygens (including phenoxy) is 1. The molecule has 0 heterocycles. The summed E-state index contributed by atoms with van der Waals surface area (Å²) in [5.41, 5.74) is 1.96. The quantitative estimate of drug-likeness (QED) is 0.743. The minimum atomic E-state index is -0.393. The van der Waals surface area contributed by atoms with Crippen molar-refractivity contribution in [2.75, 3.05) is 7.11 Å². The van der Waals surface area contributed by atoms with Crippen LogP contribution in [0.25, 0.3) is 0 Å². The monoisotopic (exact) mass is 322 g/mol. The number of hydrogen-bond acceptors (Lipinski definition) is 5. The average Bonchev–Trinajstić information content (AvgIpc) is 2.58. The van der Waals surface area contributed by atoms with Gasteiger partial charge in [-0.25, -0.2) is 0 Å². The maximum absolute atomic E-state index is 12.9. The van der Waals surface area contributed by atoms with E-state index in [1.807, 2.05) is 0 Å². The molecule has 1 N–H and O–H groups in total. The summed E-state index contributed by atoms with van der Waals surface area (Å²) < 4.78 is 5.12. The smallest absolute Gasteiger partial charge is 0.198 e. The molecule has 0 atom stereocenters. The van der Waals surface area contributed by atoms with E-state index in [0.717, 1.165) is 0 Å². The summed E-state index contributed by atoms with van der Waals surface area (Å²) in [5.74, 6) is -0.334. The van der Waals surface area contributed by atoms with Crippen LogP contribution in [0.4, 0.5) is 0 Å². The second-order valence-electron chi connectivity index (χ2n) is 6.07. The lowest BCUT2D eigenvalue weighted by molar-refractivity contribution is -0.118. The van der Waals surface area contributed by atoms with Gasteiger partial charge >= 0.3 is 0 Å². The summed E-state index contributed by atoms with van der Waals surface area (Å²) in [5, 5.41) is 10.6. The van der Waals surface area contributed by atoms with Crippen molar-refractivity contribution in [1.29, 1.82) is 0 Å². The van der Waals surface area contributed by atoms with E-state index in [4.69, 9.17) is 4.74 Å². The molecule has 120 valence electrons. The molecular formula is C19H14O5. The molecule has 0 radical (unpaired) electrons. The Kier molecular flexibility index (Phi) is 3.06. The van der Waals surface area contributed by atoms with Gasteiger partial charge in [-0.05, 0) is 41.8 Å². The molecule has 0 saturated heterocycles. The third-order valence-electron chi connectivity index (χ3n) is 4.73. The van der Waals surface area contributed by atoms with E-state index in [2.05, 4.69) is 0 Å². The Morgan fingerprint density at radius 3 is 2.50 bits per heavy atom. The van der Waals surface area contributed by atoms with Crippen LogP contribution in [0.2, 0.25) is 0 Å². The Balaban J connectivity index is 1.97. The molecule has 0 spiro atoms. The highest BCUT2D eigenvalue weighted by Gasteiger charge is 2.35. The lowest BCUT2D eigenvalue weighted by atomic mass is 9.78. The zero-order chi connectivity index (χ0) is 17.0. The SMILES string of the molecule is COc1ccc2c(c1)C(=O)c1c(cc3c(c1O)CCC(=O)C3)C2=O. The van der Waals surface area contributed by atoms with E-state index in [1.165, 1.54) is 13.2 Å². The fourth-order valence-corrected chi connectivity index (χ4v) is 3.49. The van der Waals surface area contributed by atoms with Crippen LogP contribution < -0.4 is 4.74 Å². The van der Waals surface area contributed by atoms with E-state index in [1.54, 1.807) is 18.2 Å². The normalized spacial score (nSPS) is 15.6. The van der Waals surface area contributed by atoms with Crippen LogP contribution in [0, 0.1) is 0 Å². The molecule has 2 aromatic carbocycles. The van der Waals surface area contributed by atoms with Crippen LogP contribution in [0.5, 0.6) is 11.5 Å². The maximum atomic E-state index is 12.9. The summed E-state index contributed by atoms with van der Waals surface area (Å²) in [6, 6.07) is 6.28. The molecule has 0 amide bonds. The van der Waals surface area contributed by atoms with Gasteiger partial charge in [-0.1, -0.05) is 0 Å². The minimum Gasteiger partial charge on any atom is -0.507 e. The second-order valence-corrected chi connectivity index (χ2v) is 6.07. The van der Waals surface area contributed by atoms with Crippen LogP contribution in [-0.2, 0) is 17.6 Å². The van der Waals surface area contributed by atoms with Crippen molar-refractivity contribution in [1.82, 2.24) is 0 Å². The number of carbonyl (C=O) groups excluding carboxylic acids is 3. The number of ketones is 3. The first kappa shape index (κ1) is 14.6. The molecule has 0 fully saturated rings. The Bertz CT molecular complexity index is 939. The van der Waals surface area contributed by atoms with Gasteiger partial charge < -0.3 is 9.84 Å². The van der Waals surface area contributed by atoms with E-state index in [0.29, 0.717) is 29.7 Å². The summed E-state index contributed by atoms with van der Waals surface area (Å²) in [7, 11) is 1.48. The Morgan fingerprint density at radius 1 is 0.958 bits per heavy atom. The van der Waals surface area contributed by atoms with Crippen LogP contribution in [0.1, 0.15) is 49.4 Å². The van der Waals surface area contributed by atoms with E-state index >= 15 is 0 Å². The van der Waals surface area contributed by atoms with Crippen LogP contribution in [0.15, 0.2) is 24.3 Å². The first-order valence-corrected chi connectivity index (χ1v) is 7.68. The van der Waals surface area contributed by atoms with Gasteiger partial charge in [0.15, 0.2) is 11.6 Å². The van der Waals surface area contributed by atoms with Crippen molar-refractivity contribution in [2.24, 2.45) is 0 Å². The number of Topliss-reactive ketones (excluding diaryl/α,β-unsaturated/α-hetero) is 1. The standard InChI is InChI=1S/C19H14O5/c1-24-11-3-5-13-14(8-11)19(23)16-15(17(13)21)7-9-6-10(20)2-4-12(9)18(16)22/h3,5,7-8,22H,2,4,6H2,1H3. The molecule has 0 unspecified atom stereocenters. The number of phenolic OH excluding ortho intramolecular Hbond substituents is 1. The van der Waals surface area contributed by atoms with Gasteiger partial charge in [0.2, 0.25) is 0 Å². The lowest BCUT2D eigenvalue weighted by Gasteiger charge is -2.24. The number of hydrogen-bond donors (Lipinski definition) is 1. The zero-order valence-corrected chi connectivity index (χ0v) is 13.0. The minimum absolute atomic E-state index is 0.0360. The molecule has 2 aliphatic rings. The molecule has 0 aliphatic heterocycles. The molecule has 0 bridgehead atoms. The third-order valence-corrected chi connectivity index (χ3v) is 4.73. The van der Waals surface area contributed by atoms with Crippen LogP contribution in [0.3, 0.4) is 0 Å². The first-order chi connectivity index (χ1) is 11.5. The summed E-state index contributed by atoms with van der Waals surface area (Å²) >= 11 is 0. The van der Waals surface area contributed by atoms with Crippen molar-refractivity contribution in [3.8, 4) is 11.5 Å². The summed E-state index contributed by atoms with van der Waals surface area (Å²) in [4.78, 5) is 37.3. The number of aromatic hydroxyl groups is 1. The highest BCUT2D eigenvalue weighted by atomic mass is 16.5. The highest BCUT2D eigenvalue weighted by molar-refractivity contribution is 6.29. The number of phenols is 1. The predicted octanol–water partition coefficient (Wildman–Crippen LogP) is 2.23. The Morgan fingerprint density at radius 2 is 1.75 bits per heavy atom. The van der Waals surface area contributed by atoms with Crippen LogP contribution in [-0.4, -0.2) is 29.6 Å². The van der Waals surface area contributed by atoms with Gasteiger partial charge in [0.25, 0.3) is 0 Å². The maximum Gasteiger partial charge on any atom is 0.198 e. The van der Waals surface area contributed by atoms with Gasteiger partial charge in [-0.15, -0.1) is 0 Å². The molecular weight excluding hydrogens is 308 g/mol. The summed E-state index contributed by atoms with van der Waals surface area (Å²) in [6.07, 6.45) is 0.915. The average molecular weight is 322 g/mol. The van der Waals surface area contributed by atoms with Crippen molar-refractivity contribution >= 4 is 17.3 Å². The number of benzene rings is 2. The fraction of sp³-hybridized carbons (Fsp3) is 0.211. The van der Waals surface area contributed by atoms with Gasteiger partial charge in [0.05, 0.1) is 12.7 Å². The molecule has 2 aliphatic carbocycles. The molecule has 0 saturated carbocycles.